The second kappa shape index (κ2) is 8.62. The Morgan fingerprint density at radius 1 is 1.55 bits per heavy atom. The van der Waals surface area contributed by atoms with Crippen LogP contribution >= 0.6 is 11.3 Å². The zero-order chi connectivity index (χ0) is 15.9. The summed E-state index contributed by atoms with van der Waals surface area (Å²) in [7, 11) is 1.60. The van der Waals surface area contributed by atoms with Gasteiger partial charge in [0, 0.05) is 32.8 Å². The molecule has 2 N–H and O–H groups in total. The molecule has 2 heterocycles. The maximum absolute atomic E-state index is 12.3. The number of rotatable bonds is 7. The van der Waals surface area contributed by atoms with Gasteiger partial charge in [0.25, 0.3) is 5.91 Å². The van der Waals surface area contributed by atoms with Crippen LogP contribution in [0.1, 0.15) is 35.0 Å². The second-order valence-corrected chi connectivity index (χ2v) is 6.70. The van der Waals surface area contributed by atoms with E-state index in [9.17, 15) is 9.90 Å². The van der Waals surface area contributed by atoms with Gasteiger partial charge in [-0.25, -0.2) is 0 Å². The SMILES string of the molecule is CCc1ccsc1C(=O)NC1CCN(CC(O)COC)CC1. The molecule has 0 bridgehead atoms. The van der Waals surface area contributed by atoms with Crippen molar-refractivity contribution < 1.29 is 14.6 Å². The van der Waals surface area contributed by atoms with E-state index in [0.29, 0.717) is 13.2 Å². The molecule has 6 heteroatoms. The third-order valence-corrected chi connectivity index (χ3v) is 5.04. The van der Waals surface area contributed by atoms with E-state index >= 15 is 0 Å². The third kappa shape index (κ3) is 4.78. The molecule has 124 valence electrons. The van der Waals surface area contributed by atoms with Crippen LogP contribution in [0.2, 0.25) is 0 Å². The molecular formula is C16H26N2O3S. The van der Waals surface area contributed by atoms with Gasteiger partial charge in [0.2, 0.25) is 0 Å². The Kier molecular flexibility index (Phi) is 6.82. The van der Waals surface area contributed by atoms with Crippen molar-refractivity contribution in [2.75, 3.05) is 33.4 Å². The first-order valence-electron chi connectivity index (χ1n) is 7.90. The lowest BCUT2D eigenvalue weighted by molar-refractivity contribution is 0.0309. The van der Waals surface area contributed by atoms with Crippen LogP contribution < -0.4 is 5.32 Å². The maximum atomic E-state index is 12.3. The maximum Gasteiger partial charge on any atom is 0.261 e. The fourth-order valence-corrected chi connectivity index (χ4v) is 3.77. The van der Waals surface area contributed by atoms with Gasteiger partial charge in [0.05, 0.1) is 17.6 Å². The number of hydrogen-bond donors (Lipinski definition) is 2. The van der Waals surface area contributed by atoms with Crippen LogP contribution in [-0.2, 0) is 11.2 Å². The zero-order valence-electron chi connectivity index (χ0n) is 13.4. The van der Waals surface area contributed by atoms with Gasteiger partial charge in [-0.15, -0.1) is 11.3 Å². The van der Waals surface area contributed by atoms with Crippen LogP contribution in [0, 0.1) is 0 Å². The lowest BCUT2D eigenvalue weighted by Gasteiger charge is -2.33. The van der Waals surface area contributed by atoms with Crippen molar-refractivity contribution in [1.82, 2.24) is 10.2 Å². The molecule has 0 aliphatic carbocycles. The summed E-state index contributed by atoms with van der Waals surface area (Å²) in [5.41, 5.74) is 1.13. The molecule has 5 nitrogen and oxygen atoms in total. The van der Waals surface area contributed by atoms with E-state index in [1.165, 1.54) is 11.3 Å². The first-order valence-corrected chi connectivity index (χ1v) is 8.78. The molecule has 1 unspecified atom stereocenters. The molecule has 0 spiro atoms. The Hall–Kier alpha value is -0.950. The molecule has 1 aliphatic rings. The van der Waals surface area contributed by atoms with Gasteiger partial charge in [-0.05, 0) is 36.3 Å². The van der Waals surface area contributed by atoms with E-state index in [-0.39, 0.29) is 11.9 Å². The monoisotopic (exact) mass is 326 g/mol. The van der Waals surface area contributed by atoms with Crippen LogP contribution in [0.3, 0.4) is 0 Å². The lowest BCUT2D eigenvalue weighted by atomic mass is 10.0. The highest BCUT2D eigenvalue weighted by molar-refractivity contribution is 7.12. The van der Waals surface area contributed by atoms with Gasteiger partial charge in [-0.1, -0.05) is 6.92 Å². The summed E-state index contributed by atoms with van der Waals surface area (Å²) in [4.78, 5) is 15.4. The van der Waals surface area contributed by atoms with Crippen LogP contribution in [0.15, 0.2) is 11.4 Å². The van der Waals surface area contributed by atoms with Crippen LogP contribution in [0.4, 0.5) is 0 Å². The van der Waals surface area contributed by atoms with Crippen molar-refractivity contribution in [3.63, 3.8) is 0 Å². The molecule has 1 aromatic rings. The van der Waals surface area contributed by atoms with Gasteiger partial charge >= 0.3 is 0 Å². The van der Waals surface area contributed by atoms with E-state index in [2.05, 4.69) is 17.1 Å². The number of aryl methyl sites for hydroxylation is 1. The number of ether oxygens (including phenoxy) is 1. The highest BCUT2D eigenvalue weighted by Gasteiger charge is 2.23. The van der Waals surface area contributed by atoms with Gasteiger partial charge < -0.3 is 20.1 Å². The number of hydrogen-bond acceptors (Lipinski definition) is 5. The molecule has 1 fully saturated rings. The average Bonchev–Trinajstić information content (AvgIpc) is 2.98. The van der Waals surface area contributed by atoms with Crippen LogP contribution in [0.25, 0.3) is 0 Å². The van der Waals surface area contributed by atoms with Crippen LogP contribution in [-0.4, -0.2) is 61.4 Å². The number of piperidine rings is 1. The quantitative estimate of drug-likeness (QED) is 0.797. The van der Waals surface area contributed by atoms with E-state index in [0.717, 1.165) is 42.8 Å². The number of thiophene rings is 1. The van der Waals surface area contributed by atoms with Gasteiger partial charge in [0.1, 0.15) is 0 Å². The number of likely N-dealkylation sites (tertiary alicyclic amines) is 1. The molecule has 2 rings (SSSR count). The van der Waals surface area contributed by atoms with Crippen molar-refractivity contribution in [1.29, 1.82) is 0 Å². The van der Waals surface area contributed by atoms with E-state index < -0.39 is 6.10 Å². The van der Waals surface area contributed by atoms with Gasteiger partial charge in [-0.2, -0.15) is 0 Å². The van der Waals surface area contributed by atoms with Gasteiger partial charge in [0.15, 0.2) is 0 Å². The fourth-order valence-electron chi connectivity index (χ4n) is 2.87. The predicted molar refractivity (Wildman–Crippen MR) is 88.5 cm³/mol. The first kappa shape index (κ1) is 17.4. The molecule has 0 radical (unpaired) electrons. The zero-order valence-corrected chi connectivity index (χ0v) is 14.2. The number of methoxy groups -OCH3 is 1. The Morgan fingerprint density at radius 3 is 2.91 bits per heavy atom. The number of carbonyl (C=O) groups is 1. The van der Waals surface area contributed by atoms with Crippen molar-refractivity contribution >= 4 is 17.2 Å². The van der Waals surface area contributed by atoms with Crippen molar-refractivity contribution in [2.45, 2.75) is 38.3 Å². The summed E-state index contributed by atoms with van der Waals surface area (Å²) in [6.07, 6.45) is 2.31. The molecule has 1 amide bonds. The number of carbonyl (C=O) groups excluding carboxylic acids is 1. The standard InChI is InChI=1S/C16H26N2O3S/c1-3-12-6-9-22-15(12)16(20)17-13-4-7-18(8-5-13)10-14(19)11-21-2/h6,9,13-14,19H,3-5,7-8,10-11H2,1-2H3,(H,17,20). The smallest absolute Gasteiger partial charge is 0.261 e. The fraction of sp³-hybridized carbons (Fsp3) is 0.688. The number of β-amino-alcohol motifs (C(OH)–C–C–N with tert-alkyl or cyclic N) is 1. The second-order valence-electron chi connectivity index (χ2n) is 5.79. The third-order valence-electron chi connectivity index (χ3n) is 4.08. The summed E-state index contributed by atoms with van der Waals surface area (Å²) >= 11 is 1.52. The average molecular weight is 326 g/mol. The Bertz CT molecular complexity index is 470. The molecule has 1 saturated heterocycles. The normalized spacial score (nSPS) is 18.3. The number of nitrogens with zero attached hydrogens (tertiary/aromatic N) is 1. The van der Waals surface area contributed by atoms with Crippen LogP contribution in [0.5, 0.6) is 0 Å². The summed E-state index contributed by atoms with van der Waals surface area (Å²) in [5, 5.41) is 14.9. The predicted octanol–water partition coefficient (Wildman–Crippen LogP) is 1.51. The number of aliphatic hydroxyl groups is 1. The van der Waals surface area contributed by atoms with E-state index in [4.69, 9.17) is 4.74 Å². The summed E-state index contributed by atoms with van der Waals surface area (Å²) in [6, 6.07) is 2.26. The van der Waals surface area contributed by atoms with Crippen molar-refractivity contribution in [3.05, 3.63) is 21.9 Å². The Morgan fingerprint density at radius 2 is 2.27 bits per heavy atom. The highest BCUT2D eigenvalue weighted by Crippen LogP contribution is 2.18. The number of aliphatic hydroxyl groups excluding tert-OH is 1. The Balaban J connectivity index is 1.76. The number of amides is 1. The molecule has 0 saturated carbocycles. The van der Waals surface area contributed by atoms with Gasteiger partial charge in [-0.3, -0.25) is 4.79 Å². The summed E-state index contributed by atoms with van der Waals surface area (Å²) in [6.45, 7) is 4.88. The minimum Gasteiger partial charge on any atom is -0.389 e. The van der Waals surface area contributed by atoms with E-state index in [1.807, 2.05) is 11.4 Å². The molecule has 1 atom stereocenters. The van der Waals surface area contributed by atoms with E-state index in [1.54, 1.807) is 7.11 Å². The van der Waals surface area contributed by atoms with Crippen molar-refractivity contribution in [3.8, 4) is 0 Å². The molecule has 1 aliphatic heterocycles. The molecule has 0 aromatic carbocycles. The molecule has 1 aromatic heterocycles. The Labute approximate surface area is 136 Å². The largest absolute Gasteiger partial charge is 0.389 e. The minimum absolute atomic E-state index is 0.0599. The molecular weight excluding hydrogens is 300 g/mol. The highest BCUT2D eigenvalue weighted by atomic mass is 32.1. The minimum atomic E-state index is -0.436. The number of nitrogens with one attached hydrogen (secondary N) is 1. The summed E-state index contributed by atoms with van der Waals surface area (Å²) in [5.74, 6) is 0.0599. The van der Waals surface area contributed by atoms with Crippen molar-refractivity contribution in [2.24, 2.45) is 0 Å². The topological polar surface area (TPSA) is 61.8 Å². The molecule has 22 heavy (non-hydrogen) atoms. The lowest BCUT2D eigenvalue weighted by Crippen LogP contribution is -2.47. The summed E-state index contributed by atoms with van der Waals surface area (Å²) < 4.78 is 4.95. The first-order chi connectivity index (χ1) is 10.6.